The van der Waals surface area contributed by atoms with E-state index in [-0.39, 0.29) is 11.5 Å². The molecule has 2 heterocycles. The first kappa shape index (κ1) is 14.0. The van der Waals surface area contributed by atoms with Crippen molar-refractivity contribution in [2.75, 3.05) is 6.54 Å². The maximum Gasteiger partial charge on any atom is 0.266 e. The molecule has 1 saturated carbocycles. The van der Waals surface area contributed by atoms with Crippen LogP contribution >= 0.6 is 11.3 Å². The second kappa shape index (κ2) is 5.81. The van der Waals surface area contributed by atoms with Gasteiger partial charge in [0, 0.05) is 18.5 Å². The van der Waals surface area contributed by atoms with Crippen molar-refractivity contribution in [2.45, 2.75) is 32.2 Å². The highest BCUT2D eigenvalue weighted by molar-refractivity contribution is 7.12. The predicted octanol–water partition coefficient (Wildman–Crippen LogP) is 1.92. The molecular weight excluding hydrogens is 286 g/mol. The minimum atomic E-state index is -0.124. The fraction of sp³-hybridized carbons (Fsp3) is 0.400. The molecule has 5 nitrogen and oxygen atoms in total. The van der Waals surface area contributed by atoms with E-state index in [0.717, 1.165) is 24.1 Å². The van der Waals surface area contributed by atoms with E-state index in [1.807, 2.05) is 24.4 Å². The normalized spacial score (nSPS) is 14.1. The molecule has 0 saturated heterocycles. The molecular formula is C15H17N3O2S. The van der Waals surface area contributed by atoms with Gasteiger partial charge in [0.15, 0.2) is 0 Å². The van der Waals surface area contributed by atoms with Crippen molar-refractivity contribution in [3.05, 3.63) is 50.1 Å². The van der Waals surface area contributed by atoms with Crippen LogP contribution in [0, 0.1) is 6.92 Å². The second-order valence-electron chi connectivity index (χ2n) is 5.34. The number of carbonyl (C=O) groups excluding carboxylic acids is 1. The standard InChI is InChI=1S/C15H17N3O2S/c1-10-8-13(21-9-10)15(20)16-6-7-18-14(19)5-4-12(17-18)11-2-3-11/h4-5,8-9,11H,2-3,6-7H2,1H3,(H,16,20). The van der Waals surface area contributed by atoms with Gasteiger partial charge in [-0.15, -0.1) is 11.3 Å². The van der Waals surface area contributed by atoms with Gasteiger partial charge in [-0.25, -0.2) is 4.68 Å². The quantitative estimate of drug-likeness (QED) is 0.918. The summed E-state index contributed by atoms with van der Waals surface area (Å²) < 4.78 is 1.44. The lowest BCUT2D eigenvalue weighted by Crippen LogP contribution is -2.31. The number of nitrogens with one attached hydrogen (secondary N) is 1. The van der Waals surface area contributed by atoms with Crippen molar-refractivity contribution in [2.24, 2.45) is 0 Å². The van der Waals surface area contributed by atoms with Gasteiger partial charge in [-0.3, -0.25) is 9.59 Å². The van der Waals surface area contributed by atoms with Gasteiger partial charge in [-0.2, -0.15) is 5.10 Å². The van der Waals surface area contributed by atoms with Crippen molar-refractivity contribution < 1.29 is 4.79 Å². The maximum absolute atomic E-state index is 11.9. The third-order valence-corrected chi connectivity index (χ3v) is 4.49. The van der Waals surface area contributed by atoms with E-state index in [2.05, 4.69) is 10.4 Å². The average molecular weight is 303 g/mol. The molecule has 0 unspecified atom stereocenters. The van der Waals surface area contributed by atoms with Crippen LogP contribution in [0.1, 0.15) is 39.7 Å². The molecule has 1 fully saturated rings. The van der Waals surface area contributed by atoms with Gasteiger partial charge in [0.2, 0.25) is 0 Å². The van der Waals surface area contributed by atoms with Crippen molar-refractivity contribution >= 4 is 17.2 Å². The van der Waals surface area contributed by atoms with Crippen LogP contribution in [0.25, 0.3) is 0 Å². The van der Waals surface area contributed by atoms with Gasteiger partial charge < -0.3 is 5.32 Å². The van der Waals surface area contributed by atoms with Crippen LogP contribution in [-0.4, -0.2) is 22.2 Å². The molecule has 1 N–H and O–H groups in total. The van der Waals surface area contributed by atoms with Gasteiger partial charge in [0.05, 0.1) is 17.1 Å². The molecule has 1 aliphatic carbocycles. The SMILES string of the molecule is Cc1csc(C(=O)NCCn2nc(C3CC3)ccc2=O)c1. The first-order valence-corrected chi connectivity index (χ1v) is 7.93. The zero-order chi connectivity index (χ0) is 14.8. The third kappa shape index (κ3) is 3.39. The number of rotatable bonds is 5. The Labute approximate surface area is 126 Å². The zero-order valence-corrected chi connectivity index (χ0v) is 12.7. The van der Waals surface area contributed by atoms with Crippen LogP contribution in [0.4, 0.5) is 0 Å². The number of nitrogens with zero attached hydrogens (tertiary/aromatic N) is 2. The van der Waals surface area contributed by atoms with Gasteiger partial charge in [-0.1, -0.05) is 0 Å². The fourth-order valence-electron chi connectivity index (χ4n) is 2.13. The number of aryl methyl sites for hydroxylation is 1. The lowest BCUT2D eigenvalue weighted by atomic mass is 10.3. The lowest BCUT2D eigenvalue weighted by molar-refractivity contribution is 0.0955. The maximum atomic E-state index is 11.9. The van der Waals surface area contributed by atoms with E-state index in [0.29, 0.717) is 23.9 Å². The fourth-order valence-corrected chi connectivity index (χ4v) is 2.95. The average Bonchev–Trinajstić information content (AvgIpc) is 3.22. The lowest BCUT2D eigenvalue weighted by Gasteiger charge is -2.07. The highest BCUT2D eigenvalue weighted by Gasteiger charge is 2.25. The van der Waals surface area contributed by atoms with Crippen molar-refractivity contribution in [1.29, 1.82) is 0 Å². The molecule has 110 valence electrons. The van der Waals surface area contributed by atoms with Crippen LogP contribution in [0.3, 0.4) is 0 Å². The first-order chi connectivity index (χ1) is 10.1. The summed E-state index contributed by atoms with van der Waals surface area (Å²) in [5.74, 6) is 0.417. The molecule has 0 aliphatic heterocycles. The van der Waals surface area contributed by atoms with E-state index in [1.165, 1.54) is 16.0 Å². The van der Waals surface area contributed by atoms with E-state index < -0.39 is 0 Å². The molecule has 0 aromatic carbocycles. The summed E-state index contributed by atoms with van der Waals surface area (Å²) in [6, 6.07) is 5.23. The van der Waals surface area contributed by atoms with E-state index in [1.54, 1.807) is 6.07 Å². The Balaban J connectivity index is 1.59. The molecule has 0 bridgehead atoms. The monoisotopic (exact) mass is 303 g/mol. The second-order valence-corrected chi connectivity index (χ2v) is 6.25. The highest BCUT2D eigenvalue weighted by atomic mass is 32.1. The largest absolute Gasteiger partial charge is 0.349 e. The summed E-state index contributed by atoms with van der Waals surface area (Å²) in [5, 5.41) is 9.13. The van der Waals surface area contributed by atoms with E-state index in [4.69, 9.17) is 0 Å². The number of hydrogen-bond donors (Lipinski definition) is 1. The molecule has 1 aliphatic rings. The van der Waals surface area contributed by atoms with Crippen LogP contribution in [-0.2, 0) is 6.54 Å². The number of hydrogen-bond acceptors (Lipinski definition) is 4. The Morgan fingerprint density at radius 3 is 2.95 bits per heavy atom. The Hall–Kier alpha value is -1.95. The Kier molecular flexibility index (Phi) is 3.88. The number of amides is 1. The summed E-state index contributed by atoms with van der Waals surface area (Å²) in [7, 11) is 0. The molecule has 1 amide bonds. The highest BCUT2D eigenvalue weighted by Crippen LogP contribution is 2.38. The minimum absolute atomic E-state index is 0.0977. The van der Waals surface area contributed by atoms with E-state index >= 15 is 0 Å². The predicted molar refractivity (Wildman–Crippen MR) is 81.9 cm³/mol. The van der Waals surface area contributed by atoms with Gasteiger partial charge >= 0.3 is 0 Å². The number of thiophene rings is 1. The zero-order valence-electron chi connectivity index (χ0n) is 11.8. The van der Waals surface area contributed by atoms with Crippen molar-refractivity contribution in [1.82, 2.24) is 15.1 Å². The Morgan fingerprint density at radius 2 is 2.29 bits per heavy atom. The number of aromatic nitrogens is 2. The topological polar surface area (TPSA) is 64.0 Å². The minimum Gasteiger partial charge on any atom is -0.349 e. The summed E-state index contributed by atoms with van der Waals surface area (Å²) >= 11 is 1.43. The molecule has 0 spiro atoms. The smallest absolute Gasteiger partial charge is 0.266 e. The third-order valence-electron chi connectivity index (χ3n) is 3.45. The number of carbonyl (C=O) groups is 1. The van der Waals surface area contributed by atoms with Gasteiger partial charge in [0.1, 0.15) is 0 Å². The molecule has 0 radical (unpaired) electrons. The van der Waals surface area contributed by atoms with Crippen LogP contribution < -0.4 is 10.9 Å². The molecule has 6 heteroatoms. The summed E-state index contributed by atoms with van der Waals surface area (Å²) in [4.78, 5) is 24.4. The summed E-state index contributed by atoms with van der Waals surface area (Å²) in [6.45, 7) is 2.76. The molecule has 0 atom stereocenters. The Morgan fingerprint density at radius 1 is 1.48 bits per heavy atom. The van der Waals surface area contributed by atoms with E-state index in [9.17, 15) is 9.59 Å². The molecule has 3 rings (SSSR count). The Bertz CT molecular complexity index is 716. The summed E-state index contributed by atoms with van der Waals surface area (Å²) in [5.41, 5.74) is 1.94. The van der Waals surface area contributed by atoms with Crippen molar-refractivity contribution in [3.63, 3.8) is 0 Å². The van der Waals surface area contributed by atoms with Crippen LogP contribution in [0.5, 0.6) is 0 Å². The molecule has 21 heavy (non-hydrogen) atoms. The van der Waals surface area contributed by atoms with Crippen molar-refractivity contribution in [3.8, 4) is 0 Å². The van der Waals surface area contributed by atoms with Gasteiger partial charge in [0.25, 0.3) is 11.5 Å². The van der Waals surface area contributed by atoms with Crippen LogP contribution in [0.15, 0.2) is 28.4 Å². The van der Waals surface area contributed by atoms with Crippen LogP contribution in [0.2, 0.25) is 0 Å². The molecule has 2 aromatic heterocycles. The van der Waals surface area contributed by atoms with Gasteiger partial charge in [-0.05, 0) is 42.8 Å². The first-order valence-electron chi connectivity index (χ1n) is 7.05. The molecule has 2 aromatic rings. The summed E-state index contributed by atoms with van der Waals surface area (Å²) in [6.07, 6.45) is 2.30.